The van der Waals surface area contributed by atoms with Crippen molar-refractivity contribution in [3.8, 4) is 0 Å². The average Bonchev–Trinajstić information content (AvgIpc) is 2.44. The van der Waals surface area contributed by atoms with E-state index in [1.54, 1.807) is 0 Å². The number of rotatable bonds is 4. The molecule has 0 radical (unpaired) electrons. The third-order valence-electron chi connectivity index (χ3n) is 4.04. The van der Waals surface area contributed by atoms with Crippen LogP contribution in [-0.4, -0.2) is 11.0 Å². The molecule has 1 fully saturated rings. The standard InChI is InChI=1S/C14H18F2N2O2/c1-2-9-3-5-10(6-4-9)17-14-12(18(19)20)8-7-11(15)13(14)16/h7-10,17H,2-6H2,1H3. The lowest BCUT2D eigenvalue weighted by Crippen LogP contribution is -2.26. The zero-order chi connectivity index (χ0) is 14.7. The number of nitro benzene ring substituents is 1. The molecule has 110 valence electrons. The summed E-state index contributed by atoms with van der Waals surface area (Å²) >= 11 is 0. The third kappa shape index (κ3) is 3.05. The summed E-state index contributed by atoms with van der Waals surface area (Å²) in [6.45, 7) is 2.13. The molecule has 4 nitrogen and oxygen atoms in total. The van der Waals surface area contributed by atoms with Crippen LogP contribution in [0.25, 0.3) is 0 Å². The number of hydrogen-bond acceptors (Lipinski definition) is 3. The van der Waals surface area contributed by atoms with Crippen molar-refractivity contribution in [3.63, 3.8) is 0 Å². The highest BCUT2D eigenvalue weighted by Gasteiger charge is 2.26. The Kier molecular flexibility index (Phi) is 4.52. The van der Waals surface area contributed by atoms with Crippen LogP contribution in [0.1, 0.15) is 39.0 Å². The summed E-state index contributed by atoms with van der Waals surface area (Å²) in [6.07, 6.45) is 4.79. The molecule has 0 unspecified atom stereocenters. The van der Waals surface area contributed by atoms with E-state index in [2.05, 4.69) is 12.2 Å². The molecule has 2 rings (SSSR count). The molecule has 0 spiro atoms. The number of nitrogens with zero attached hydrogens (tertiary/aromatic N) is 1. The molecule has 1 aromatic rings. The fourth-order valence-corrected chi connectivity index (χ4v) is 2.75. The molecule has 1 saturated carbocycles. The van der Waals surface area contributed by atoms with Gasteiger partial charge in [0.1, 0.15) is 0 Å². The van der Waals surface area contributed by atoms with Crippen LogP contribution in [0.3, 0.4) is 0 Å². The van der Waals surface area contributed by atoms with Gasteiger partial charge in [-0.15, -0.1) is 0 Å². The van der Waals surface area contributed by atoms with Gasteiger partial charge in [-0.05, 0) is 37.7 Å². The van der Waals surface area contributed by atoms with Gasteiger partial charge in [0.2, 0.25) is 0 Å². The van der Waals surface area contributed by atoms with E-state index in [0.717, 1.165) is 44.2 Å². The molecule has 1 aliphatic rings. The second-order valence-corrected chi connectivity index (χ2v) is 5.28. The minimum atomic E-state index is -1.17. The molecule has 1 aliphatic carbocycles. The Balaban J connectivity index is 2.16. The maximum Gasteiger partial charge on any atom is 0.295 e. The molecule has 0 bridgehead atoms. The van der Waals surface area contributed by atoms with Crippen molar-refractivity contribution >= 4 is 11.4 Å². The maximum atomic E-state index is 13.8. The molecule has 1 N–H and O–H groups in total. The van der Waals surface area contributed by atoms with Gasteiger partial charge in [-0.2, -0.15) is 0 Å². The highest BCUT2D eigenvalue weighted by Crippen LogP contribution is 2.33. The molecule has 0 atom stereocenters. The van der Waals surface area contributed by atoms with Crippen molar-refractivity contribution in [1.29, 1.82) is 0 Å². The summed E-state index contributed by atoms with van der Waals surface area (Å²) in [7, 11) is 0. The van der Waals surface area contributed by atoms with Gasteiger partial charge in [-0.25, -0.2) is 8.78 Å². The molecule has 20 heavy (non-hydrogen) atoms. The molecular weight excluding hydrogens is 266 g/mol. The van der Waals surface area contributed by atoms with Gasteiger partial charge in [0, 0.05) is 12.1 Å². The average molecular weight is 284 g/mol. The molecule has 0 aromatic heterocycles. The van der Waals surface area contributed by atoms with Crippen LogP contribution < -0.4 is 5.32 Å². The quantitative estimate of drug-likeness (QED) is 0.664. The summed E-state index contributed by atoms with van der Waals surface area (Å²) in [5.74, 6) is -1.57. The van der Waals surface area contributed by atoms with Crippen molar-refractivity contribution in [1.82, 2.24) is 0 Å². The van der Waals surface area contributed by atoms with Gasteiger partial charge in [0.05, 0.1) is 4.92 Å². The maximum absolute atomic E-state index is 13.8. The molecule has 1 aromatic carbocycles. The minimum Gasteiger partial charge on any atom is -0.374 e. The molecular formula is C14H18F2N2O2. The van der Waals surface area contributed by atoms with E-state index in [4.69, 9.17) is 0 Å². The van der Waals surface area contributed by atoms with Crippen LogP contribution in [0.4, 0.5) is 20.2 Å². The first-order valence-electron chi connectivity index (χ1n) is 6.91. The van der Waals surface area contributed by atoms with Crippen LogP contribution in [0.2, 0.25) is 0 Å². The Morgan fingerprint density at radius 2 is 1.95 bits per heavy atom. The van der Waals surface area contributed by atoms with Crippen LogP contribution in [0.5, 0.6) is 0 Å². The summed E-state index contributed by atoms with van der Waals surface area (Å²) in [4.78, 5) is 10.2. The summed E-state index contributed by atoms with van der Waals surface area (Å²) in [5.41, 5.74) is -0.739. The molecule has 6 heteroatoms. The Morgan fingerprint density at radius 3 is 2.50 bits per heavy atom. The largest absolute Gasteiger partial charge is 0.374 e. The van der Waals surface area contributed by atoms with Crippen LogP contribution in [-0.2, 0) is 0 Å². The normalized spacial score (nSPS) is 22.6. The first-order chi connectivity index (χ1) is 9.52. The number of halogens is 2. The topological polar surface area (TPSA) is 55.2 Å². The monoisotopic (exact) mass is 284 g/mol. The number of nitro groups is 1. The fourth-order valence-electron chi connectivity index (χ4n) is 2.75. The van der Waals surface area contributed by atoms with Crippen molar-refractivity contribution in [2.45, 2.75) is 45.1 Å². The van der Waals surface area contributed by atoms with Gasteiger partial charge in [0.25, 0.3) is 5.69 Å². The van der Waals surface area contributed by atoms with Crippen LogP contribution in [0.15, 0.2) is 12.1 Å². The summed E-state index contributed by atoms with van der Waals surface area (Å²) < 4.78 is 27.0. The third-order valence-corrected chi connectivity index (χ3v) is 4.04. The van der Waals surface area contributed by atoms with Crippen molar-refractivity contribution in [2.75, 3.05) is 5.32 Å². The molecule has 0 heterocycles. The zero-order valence-electron chi connectivity index (χ0n) is 11.4. The Labute approximate surface area is 116 Å². The predicted octanol–water partition coefficient (Wildman–Crippen LogP) is 4.25. The van der Waals surface area contributed by atoms with Gasteiger partial charge in [-0.3, -0.25) is 10.1 Å². The highest BCUT2D eigenvalue weighted by molar-refractivity contribution is 5.63. The van der Waals surface area contributed by atoms with Gasteiger partial charge in [0.15, 0.2) is 17.3 Å². The summed E-state index contributed by atoms with van der Waals surface area (Å²) in [6, 6.07) is 1.75. The lowest BCUT2D eigenvalue weighted by molar-refractivity contribution is -0.384. The first-order valence-corrected chi connectivity index (χ1v) is 6.91. The van der Waals surface area contributed by atoms with E-state index >= 15 is 0 Å². The second-order valence-electron chi connectivity index (χ2n) is 5.28. The lowest BCUT2D eigenvalue weighted by atomic mass is 9.84. The number of hydrogen-bond donors (Lipinski definition) is 1. The molecule has 0 aliphatic heterocycles. The first kappa shape index (κ1) is 14.7. The predicted molar refractivity (Wildman–Crippen MR) is 72.7 cm³/mol. The summed E-state index contributed by atoms with van der Waals surface area (Å²) in [5, 5.41) is 13.7. The molecule has 0 amide bonds. The van der Waals surface area contributed by atoms with Crippen LogP contribution >= 0.6 is 0 Å². The van der Waals surface area contributed by atoms with Gasteiger partial charge < -0.3 is 5.32 Å². The Hall–Kier alpha value is -1.72. The van der Waals surface area contributed by atoms with Crippen molar-refractivity contribution in [2.24, 2.45) is 5.92 Å². The Bertz CT molecular complexity index is 500. The van der Waals surface area contributed by atoms with Gasteiger partial charge >= 0.3 is 0 Å². The smallest absolute Gasteiger partial charge is 0.295 e. The van der Waals surface area contributed by atoms with E-state index < -0.39 is 22.2 Å². The van der Waals surface area contributed by atoms with E-state index in [0.29, 0.717) is 5.92 Å². The van der Waals surface area contributed by atoms with E-state index in [-0.39, 0.29) is 11.7 Å². The number of anilines is 1. The number of benzene rings is 1. The van der Waals surface area contributed by atoms with Gasteiger partial charge in [-0.1, -0.05) is 13.3 Å². The van der Waals surface area contributed by atoms with E-state index in [1.165, 1.54) is 0 Å². The highest BCUT2D eigenvalue weighted by atomic mass is 19.2. The van der Waals surface area contributed by atoms with Crippen LogP contribution in [0, 0.1) is 27.7 Å². The Morgan fingerprint density at radius 1 is 1.30 bits per heavy atom. The number of nitrogens with one attached hydrogen (secondary N) is 1. The minimum absolute atomic E-state index is 0.0344. The van der Waals surface area contributed by atoms with E-state index in [1.807, 2.05) is 0 Å². The fraction of sp³-hybridized carbons (Fsp3) is 0.571. The molecule has 0 saturated heterocycles. The van der Waals surface area contributed by atoms with Crippen molar-refractivity contribution < 1.29 is 13.7 Å². The second kappa shape index (κ2) is 6.15. The zero-order valence-corrected chi connectivity index (χ0v) is 11.4. The van der Waals surface area contributed by atoms with E-state index in [9.17, 15) is 18.9 Å². The SMILES string of the molecule is CCC1CCC(Nc2c([N+](=O)[O-])ccc(F)c2F)CC1. The van der Waals surface area contributed by atoms with Crippen molar-refractivity contribution in [3.05, 3.63) is 33.9 Å². The lowest BCUT2D eigenvalue weighted by Gasteiger charge is -2.29.